The van der Waals surface area contributed by atoms with Crippen LogP contribution in [0.3, 0.4) is 0 Å². The van der Waals surface area contributed by atoms with Crippen molar-refractivity contribution in [3.8, 4) is 0 Å². The van der Waals surface area contributed by atoms with Gasteiger partial charge < -0.3 is 0 Å². The molecule has 0 unspecified atom stereocenters. The van der Waals surface area contributed by atoms with E-state index in [1.807, 2.05) is 0 Å². The van der Waals surface area contributed by atoms with Crippen molar-refractivity contribution in [1.29, 1.82) is 0 Å². The fourth-order valence-electron chi connectivity index (χ4n) is 3.91. The Morgan fingerprint density at radius 1 is 0.682 bits per heavy atom. The molecule has 0 aliphatic heterocycles. The summed E-state index contributed by atoms with van der Waals surface area (Å²) in [5, 5.41) is 21.6. The smallest absolute Gasteiger partial charge is 0.282 e. The number of hydrogen-bond acceptors (Lipinski definition) is 10. The van der Waals surface area contributed by atoms with Gasteiger partial charge in [-0.15, -0.1) is 0 Å². The third kappa shape index (κ3) is 7.70. The van der Waals surface area contributed by atoms with Gasteiger partial charge in [-0.3, -0.25) is 29.5 Å². The Morgan fingerprint density at radius 2 is 1.20 bits per heavy atom. The number of rotatable bonds is 11. The molecular weight excluding hydrogens is 639 g/mol. The molecular formula is C27H21N3O11S3. The Bertz CT molecular complexity index is 2090. The van der Waals surface area contributed by atoms with E-state index in [-0.39, 0.29) is 38.2 Å². The van der Waals surface area contributed by atoms with Gasteiger partial charge in [0.15, 0.2) is 9.84 Å². The summed E-state index contributed by atoms with van der Waals surface area (Å²) in [6, 6.07) is 18.1. The first-order valence-corrected chi connectivity index (χ1v) is 16.8. The van der Waals surface area contributed by atoms with E-state index in [0.29, 0.717) is 11.1 Å². The van der Waals surface area contributed by atoms with Crippen LogP contribution in [-0.4, -0.2) is 39.7 Å². The average molecular weight is 660 g/mol. The highest BCUT2D eigenvalue weighted by Gasteiger charge is 2.20. The number of anilines is 1. The molecule has 228 valence electrons. The molecule has 4 rings (SSSR count). The van der Waals surface area contributed by atoms with Crippen molar-refractivity contribution in [1.82, 2.24) is 0 Å². The van der Waals surface area contributed by atoms with Crippen LogP contribution in [0, 0.1) is 20.2 Å². The molecule has 0 saturated heterocycles. The summed E-state index contributed by atoms with van der Waals surface area (Å²) in [7, 11) is -12.9. The van der Waals surface area contributed by atoms with E-state index in [0.717, 1.165) is 54.6 Å². The number of nitro groups is 2. The number of non-ortho nitro benzene ring substituents is 2. The minimum atomic E-state index is -4.82. The fraction of sp³-hybridized carbons (Fsp3) is 0.0370. The minimum absolute atomic E-state index is 0.00982. The highest BCUT2D eigenvalue weighted by atomic mass is 32.2. The lowest BCUT2D eigenvalue weighted by atomic mass is 10.1. The van der Waals surface area contributed by atoms with Crippen molar-refractivity contribution in [2.45, 2.75) is 20.4 Å². The molecule has 0 bridgehead atoms. The number of sulfone groups is 1. The average Bonchev–Trinajstić information content (AvgIpc) is 2.96. The van der Waals surface area contributed by atoms with Gasteiger partial charge in [-0.2, -0.15) is 8.42 Å². The predicted molar refractivity (Wildman–Crippen MR) is 160 cm³/mol. The number of nitro benzene ring substituents is 2. The van der Waals surface area contributed by atoms with Crippen LogP contribution in [0.2, 0.25) is 0 Å². The molecule has 17 heteroatoms. The van der Waals surface area contributed by atoms with Crippen LogP contribution < -0.4 is 4.72 Å². The normalized spacial score (nSPS) is 12.2. The van der Waals surface area contributed by atoms with Crippen LogP contribution in [0.1, 0.15) is 16.7 Å². The first-order valence-electron chi connectivity index (χ1n) is 12.2. The van der Waals surface area contributed by atoms with Crippen molar-refractivity contribution >= 4 is 59.2 Å². The molecule has 0 fully saturated rings. The Morgan fingerprint density at radius 3 is 1.70 bits per heavy atom. The summed E-state index contributed by atoms with van der Waals surface area (Å²) >= 11 is 0. The van der Waals surface area contributed by atoms with Gasteiger partial charge in [-0.05, 0) is 53.1 Å². The minimum Gasteiger partial charge on any atom is -0.282 e. The lowest BCUT2D eigenvalue weighted by Gasteiger charge is -2.11. The van der Waals surface area contributed by atoms with Crippen molar-refractivity contribution < 1.29 is 39.7 Å². The molecule has 0 aliphatic rings. The summed E-state index contributed by atoms with van der Waals surface area (Å²) in [4.78, 5) is 19.3. The van der Waals surface area contributed by atoms with Gasteiger partial charge in [0.05, 0.1) is 31.1 Å². The molecule has 0 radical (unpaired) electrons. The number of nitrogens with one attached hydrogen (secondary N) is 1. The molecule has 0 aliphatic carbocycles. The Labute approximate surface area is 251 Å². The number of sulfonamides is 1. The van der Waals surface area contributed by atoms with E-state index in [1.54, 1.807) is 12.1 Å². The third-order valence-corrected chi connectivity index (χ3v) is 10.1. The Kier molecular flexibility index (Phi) is 8.96. The zero-order valence-corrected chi connectivity index (χ0v) is 24.6. The first-order chi connectivity index (χ1) is 20.5. The van der Waals surface area contributed by atoms with Crippen molar-refractivity contribution in [2.24, 2.45) is 0 Å². The maximum absolute atomic E-state index is 12.7. The Hall–Kier alpha value is -4.97. The summed E-state index contributed by atoms with van der Waals surface area (Å²) in [6.07, 6.45) is 2.83. The van der Waals surface area contributed by atoms with Crippen LogP contribution >= 0.6 is 0 Å². The van der Waals surface area contributed by atoms with Gasteiger partial charge >= 0.3 is 0 Å². The van der Waals surface area contributed by atoms with E-state index in [4.69, 9.17) is 0 Å². The lowest BCUT2D eigenvalue weighted by Crippen LogP contribution is -2.13. The fourth-order valence-corrected chi connectivity index (χ4v) is 7.02. The van der Waals surface area contributed by atoms with Crippen LogP contribution in [-0.2, 0) is 35.7 Å². The van der Waals surface area contributed by atoms with E-state index in [1.165, 1.54) is 36.4 Å². The van der Waals surface area contributed by atoms with Gasteiger partial charge in [0.2, 0.25) is 0 Å². The summed E-state index contributed by atoms with van der Waals surface area (Å²) in [5.41, 5.74) is 0.197. The molecule has 2 N–H and O–H groups in total. The monoisotopic (exact) mass is 659 g/mol. The molecule has 0 amide bonds. The molecule has 4 aromatic rings. The molecule has 4 aromatic carbocycles. The van der Waals surface area contributed by atoms with E-state index < -0.39 is 44.7 Å². The van der Waals surface area contributed by atoms with E-state index in [9.17, 15) is 50.0 Å². The summed E-state index contributed by atoms with van der Waals surface area (Å²) in [6.45, 7) is 0. The van der Waals surface area contributed by atoms with Gasteiger partial charge in [0.1, 0.15) is 4.90 Å². The summed E-state index contributed by atoms with van der Waals surface area (Å²) < 4.78 is 87.0. The van der Waals surface area contributed by atoms with Gasteiger partial charge in [0, 0.05) is 24.3 Å². The topological polar surface area (TPSA) is 221 Å². The predicted octanol–water partition coefficient (Wildman–Crippen LogP) is 4.69. The van der Waals surface area contributed by atoms with Crippen LogP contribution in [0.5, 0.6) is 0 Å². The largest absolute Gasteiger partial charge is 0.295 e. The molecule has 0 saturated carbocycles. The van der Waals surface area contributed by atoms with Crippen molar-refractivity contribution in [3.05, 3.63) is 128 Å². The summed E-state index contributed by atoms with van der Waals surface area (Å²) in [5.74, 6) is -0.376. The Balaban J connectivity index is 1.52. The van der Waals surface area contributed by atoms with Gasteiger partial charge in [0.25, 0.3) is 31.5 Å². The van der Waals surface area contributed by atoms with Crippen LogP contribution in [0.15, 0.2) is 106 Å². The number of benzene rings is 4. The van der Waals surface area contributed by atoms with Crippen molar-refractivity contribution in [2.75, 3.05) is 4.72 Å². The SMILES string of the molecule is O=[N+]([O-])c1ccc(S(=O)(=O)Cc2ccc(/C=C/c3ccc(NS(=O)(=O)c4ccc([N+](=O)[O-])cc4)cc3S(=O)(=O)O)cc2)cc1. The zero-order valence-electron chi connectivity index (χ0n) is 22.2. The second-order valence-electron chi connectivity index (χ2n) is 9.17. The van der Waals surface area contributed by atoms with E-state index >= 15 is 0 Å². The van der Waals surface area contributed by atoms with Crippen LogP contribution in [0.25, 0.3) is 12.2 Å². The number of hydrogen-bond donors (Lipinski definition) is 2. The quantitative estimate of drug-likeness (QED) is 0.0972. The zero-order chi connectivity index (χ0) is 32.3. The third-order valence-electron chi connectivity index (χ3n) is 6.10. The number of nitrogens with zero attached hydrogens (tertiary/aromatic N) is 2. The maximum Gasteiger partial charge on any atom is 0.295 e. The molecule has 0 spiro atoms. The highest BCUT2D eigenvalue weighted by molar-refractivity contribution is 7.92. The molecule has 14 nitrogen and oxygen atoms in total. The molecule has 0 aromatic heterocycles. The molecule has 0 heterocycles. The maximum atomic E-state index is 12.7. The second kappa shape index (κ2) is 12.3. The van der Waals surface area contributed by atoms with Gasteiger partial charge in [-0.25, -0.2) is 16.8 Å². The standard InChI is InChI=1S/C27H21N3O11S3/c31-29(32)23-9-13-25(14-10-23)42(35,36)18-20-3-1-19(2-4-20)5-6-21-7-8-22(17-27(21)44(39,40)41)28-43(37,38)26-15-11-24(12-16-26)30(33)34/h1-17,28H,18H2,(H,39,40,41)/b6-5+. The van der Waals surface area contributed by atoms with Crippen LogP contribution in [0.4, 0.5) is 17.1 Å². The first kappa shape index (κ1) is 32.0. The highest BCUT2D eigenvalue weighted by Crippen LogP contribution is 2.26. The van der Waals surface area contributed by atoms with E-state index in [2.05, 4.69) is 4.72 Å². The molecule has 0 atom stereocenters. The van der Waals surface area contributed by atoms with Crippen molar-refractivity contribution in [3.63, 3.8) is 0 Å². The molecule has 44 heavy (non-hydrogen) atoms. The lowest BCUT2D eigenvalue weighted by molar-refractivity contribution is -0.385. The van der Waals surface area contributed by atoms with Gasteiger partial charge in [-0.1, -0.05) is 42.5 Å². The second-order valence-corrected chi connectivity index (χ2v) is 14.2.